The van der Waals surface area contributed by atoms with E-state index in [2.05, 4.69) is 9.97 Å². The molecule has 0 bridgehead atoms. The summed E-state index contributed by atoms with van der Waals surface area (Å²) in [7, 11) is 0. The monoisotopic (exact) mass is 343 g/mol. The van der Waals surface area contributed by atoms with Crippen molar-refractivity contribution in [2.75, 3.05) is 13.1 Å². The molecule has 0 spiro atoms. The quantitative estimate of drug-likeness (QED) is 0.906. The molecule has 1 fully saturated rings. The minimum atomic E-state index is -0.612. The number of likely N-dealkylation sites (tertiary alicyclic amines) is 1. The Morgan fingerprint density at radius 1 is 1.24 bits per heavy atom. The highest BCUT2D eigenvalue weighted by Crippen LogP contribution is 2.31. The number of aromatic nitrogens is 2. The number of aryl methyl sites for hydroxylation is 1. The van der Waals surface area contributed by atoms with Crippen molar-refractivity contribution < 1.29 is 14.3 Å². The van der Waals surface area contributed by atoms with Crippen molar-refractivity contribution >= 4 is 5.91 Å². The van der Waals surface area contributed by atoms with E-state index in [4.69, 9.17) is 0 Å². The predicted octanol–water partition coefficient (Wildman–Crippen LogP) is 2.52. The van der Waals surface area contributed by atoms with Crippen LogP contribution in [-0.2, 0) is 11.2 Å². The van der Waals surface area contributed by atoms with Crippen molar-refractivity contribution in [3.8, 4) is 0 Å². The smallest absolute Gasteiger partial charge is 0.222 e. The van der Waals surface area contributed by atoms with Crippen LogP contribution in [0.15, 0.2) is 42.9 Å². The van der Waals surface area contributed by atoms with Crippen molar-refractivity contribution in [2.45, 2.75) is 31.8 Å². The van der Waals surface area contributed by atoms with E-state index >= 15 is 0 Å². The zero-order chi connectivity index (χ0) is 17.6. The van der Waals surface area contributed by atoms with Crippen LogP contribution in [0.5, 0.6) is 0 Å². The molecule has 0 saturated carbocycles. The third-order valence-electron chi connectivity index (χ3n) is 4.79. The number of rotatable bonds is 5. The van der Waals surface area contributed by atoms with Gasteiger partial charge in [0.25, 0.3) is 0 Å². The fraction of sp³-hybridized carbons (Fsp3) is 0.421. The standard InChI is InChI=1S/C19H22FN3O2/c20-16-3-1-14(2-4-16)19(25)15-8-11-23(12-9-15)18(24)6-5-17-7-10-21-13-22-17/h1-4,7,10,13,15,19,25H,5-6,8-9,11-12H2/t19-/m0/s1. The van der Waals surface area contributed by atoms with E-state index in [1.54, 1.807) is 18.3 Å². The van der Waals surface area contributed by atoms with Gasteiger partial charge in [0.2, 0.25) is 5.91 Å². The van der Waals surface area contributed by atoms with Gasteiger partial charge >= 0.3 is 0 Å². The van der Waals surface area contributed by atoms with Crippen LogP contribution in [0.2, 0.25) is 0 Å². The molecule has 1 saturated heterocycles. The minimum absolute atomic E-state index is 0.0939. The molecule has 1 aromatic carbocycles. The van der Waals surface area contributed by atoms with Crippen LogP contribution in [-0.4, -0.2) is 39.0 Å². The van der Waals surface area contributed by atoms with E-state index in [1.165, 1.54) is 18.5 Å². The van der Waals surface area contributed by atoms with Gasteiger partial charge in [-0.05, 0) is 48.9 Å². The van der Waals surface area contributed by atoms with Gasteiger partial charge in [0, 0.05) is 31.4 Å². The number of piperidine rings is 1. The predicted molar refractivity (Wildman–Crippen MR) is 91.0 cm³/mol. The number of benzene rings is 1. The lowest BCUT2D eigenvalue weighted by atomic mass is 9.87. The number of halogens is 1. The van der Waals surface area contributed by atoms with E-state index in [1.807, 2.05) is 11.0 Å². The molecule has 1 aliphatic heterocycles. The normalized spacial score (nSPS) is 16.6. The molecule has 0 aliphatic carbocycles. The van der Waals surface area contributed by atoms with E-state index in [9.17, 15) is 14.3 Å². The average Bonchev–Trinajstić information content (AvgIpc) is 2.67. The Kier molecular flexibility index (Phi) is 5.71. The highest BCUT2D eigenvalue weighted by molar-refractivity contribution is 5.76. The minimum Gasteiger partial charge on any atom is -0.388 e. The fourth-order valence-corrected chi connectivity index (χ4v) is 3.26. The van der Waals surface area contributed by atoms with Crippen LogP contribution in [0.1, 0.15) is 36.6 Å². The Labute approximate surface area is 146 Å². The zero-order valence-electron chi connectivity index (χ0n) is 14.0. The first-order valence-electron chi connectivity index (χ1n) is 8.59. The number of hydrogen-bond acceptors (Lipinski definition) is 4. The van der Waals surface area contributed by atoms with Crippen molar-refractivity contribution in [1.29, 1.82) is 0 Å². The second-order valence-electron chi connectivity index (χ2n) is 6.42. The lowest BCUT2D eigenvalue weighted by Crippen LogP contribution is -2.39. The molecule has 1 N–H and O–H groups in total. The molecule has 3 rings (SSSR count). The van der Waals surface area contributed by atoms with Gasteiger partial charge < -0.3 is 10.0 Å². The molecule has 1 aromatic heterocycles. The number of aliphatic hydroxyl groups is 1. The first-order chi connectivity index (χ1) is 12.1. The third-order valence-corrected chi connectivity index (χ3v) is 4.79. The molecular formula is C19H22FN3O2. The van der Waals surface area contributed by atoms with Crippen molar-refractivity contribution in [2.24, 2.45) is 5.92 Å². The molecule has 25 heavy (non-hydrogen) atoms. The van der Waals surface area contributed by atoms with Gasteiger partial charge in [0.1, 0.15) is 12.1 Å². The van der Waals surface area contributed by atoms with Crippen LogP contribution < -0.4 is 0 Å². The second-order valence-corrected chi connectivity index (χ2v) is 6.42. The Morgan fingerprint density at radius 3 is 2.60 bits per heavy atom. The van der Waals surface area contributed by atoms with E-state index in [-0.39, 0.29) is 17.6 Å². The second kappa shape index (κ2) is 8.16. The largest absolute Gasteiger partial charge is 0.388 e. The van der Waals surface area contributed by atoms with Gasteiger partial charge in [-0.1, -0.05) is 12.1 Å². The summed E-state index contributed by atoms with van der Waals surface area (Å²) < 4.78 is 13.0. The van der Waals surface area contributed by atoms with E-state index in [0.29, 0.717) is 25.9 Å². The van der Waals surface area contributed by atoms with Crippen LogP contribution in [0.4, 0.5) is 4.39 Å². The first kappa shape index (κ1) is 17.5. The number of amides is 1. The number of aliphatic hydroxyl groups excluding tert-OH is 1. The van der Waals surface area contributed by atoms with Crippen LogP contribution >= 0.6 is 0 Å². The molecule has 0 radical (unpaired) electrons. The SMILES string of the molecule is O=C(CCc1ccncn1)N1CCC([C@@H](O)c2ccc(F)cc2)CC1. The van der Waals surface area contributed by atoms with Crippen LogP contribution in [0, 0.1) is 11.7 Å². The molecule has 6 heteroatoms. The molecule has 1 amide bonds. The van der Waals surface area contributed by atoms with Gasteiger partial charge in [-0.25, -0.2) is 14.4 Å². The molecule has 1 atom stereocenters. The maximum absolute atomic E-state index is 13.0. The fourth-order valence-electron chi connectivity index (χ4n) is 3.26. The van der Waals surface area contributed by atoms with Gasteiger partial charge in [-0.3, -0.25) is 4.79 Å². The summed E-state index contributed by atoms with van der Waals surface area (Å²) in [6.45, 7) is 1.29. The summed E-state index contributed by atoms with van der Waals surface area (Å²) in [6, 6.07) is 7.80. The molecular weight excluding hydrogens is 321 g/mol. The van der Waals surface area contributed by atoms with Crippen LogP contribution in [0.25, 0.3) is 0 Å². The number of hydrogen-bond donors (Lipinski definition) is 1. The lowest BCUT2D eigenvalue weighted by Gasteiger charge is -2.34. The average molecular weight is 343 g/mol. The van der Waals surface area contributed by atoms with Crippen molar-refractivity contribution in [1.82, 2.24) is 14.9 Å². The summed E-state index contributed by atoms with van der Waals surface area (Å²) >= 11 is 0. The molecule has 1 aliphatic rings. The maximum Gasteiger partial charge on any atom is 0.222 e. The van der Waals surface area contributed by atoms with Gasteiger partial charge in [-0.2, -0.15) is 0 Å². The Hall–Kier alpha value is -2.34. The van der Waals surface area contributed by atoms with Gasteiger partial charge in [0.05, 0.1) is 6.10 Å². The molecule has 132 valence electrons. The Morgan fingerprint density at radius 2 is 1.96 bits per heavy atom. The highest BCUT2D eigenvalue weighted by Gasteiger charge is 2.28. The lowest BCUT2D eigenvalue weighted by molar-refractivity contribution is -0.133. The number of carbonyl (C=O) groups excluding carboxylic acids is 1. The summed E-state index contributed by atoms with van der Waals surface area (Å²) in [6.07, 6.45) is 5.09. The van der Waals surface area contributed by atoms with E-state index < -0.39 is 6.10 Å². The topological polar surface area (TPSA) is 66.3 Å². The Bertz CT molecular complexity index is 686. The zero-order valence-corrected chi connectivity index (χ0v) is 14.0. The Balaban J connectivity index is 1.47. The highest BCUT2D eigenvalue weighted by atomic mass is 19.1. The summed E-state index contributed by atoms with van der Waals surface area (Å²) in [5.41, 5.74) is 1.60. The molecule has 2 heterocycles. The van der Waals surface area contributed by atoms with Gasteiger partial charge in [0.15, 0.2) is 0 Å². The number of nitrogens with zero attached hydrogens (tertiary/aromatic N) is 3. The summed E-state index contributed by atoms with van der Waals surface area (Å²) in [4.78, 5) is 22.2. The maximum atomic E-state index is 13.0. The van der Waals surface area contributed by atoms with Gasteiger partial charge in [-0.15, -0.1) is 0 Å². The summed E-state index contributed by atoms with van der Waals surface area (Å²) in [5, 5.41) is 10.5. The molecule has 0 unspecified atom stereocenters. The third kappa shape index (κ3) is 4.60. The molecule has 5 nitrogen and oxygen atoms in total. The first-order valence-corrected chi connectivity index (χ1v) is 8.59. The molecule has 2 aromatic rings. The number of carbonyl (C=O) groups is 1. The summed E-state index contributed by atoms with van der Waals surface area (Å²) in [5.74, 6) is -0.0928. The van der Waals surface area contributed by atoms with E-state index in [0.717, 1.165) is 24.1 Å². The van der Waals surface area contributed by atoms with Crippen molar-refractivity contribution in [3.63, 3.8) is 0 Å². The van der Waals surface area contributed by atoms with Crippen molar-refractivity contribution in [3.05, 3.63) is 59.9 Å². The van der Waals surface area contributed by atoms with Crippen LogP contribution in [0.3, 0.4) is 0 Å².